The Bertz CT molecular complexity index is 1510. The number of fused-ring (bicyclic) bond motifs is 2. The summed E-state index contributed by atoms with van der Waals surface area (Å²) in [6, 6.07) is 34.5. The van der Waals surface area contributed by atoms with Crippen LogP contribution in [0, 0.1) is 0 Å². The summed E-state index contributed by atoms with van der Waals surface area (Å²) in [5, 5.41) is 0. The van der Waals surface area contributed by atoms with Crippen molar-refractivity contribution in [3.05, 3.63) is 130 Å². The number of benzene rings is 4. The number of allylic oxidation sites excluding steroid dienone is 2. The molecule has 4 heteroatoms. The molecule has 0 amide bonds. The molecule has 2 aliphatic rings. The zero-order valence-electron chi connectivity index (χ0n) is 20.5. The van der Waals surface area contributed by atoms with Gasteiger partial charge in [-0.3, -0.25) is 0 Å². The van der Waals surface area contributed by atoms with E-state index in [1.54, 1.807) is 0 Å². The van der Waals surface area contributed by atoms with Gasteiger partial charge in [-0.1, -0.05) is 0 Å². The van der Waals surface area contributed by atoms with Gasteiger partial charge in [-0.15, -0.1) is 0 Å². The molecular weight excluding hydrogens is 575 g/mol. The molecule has 4 aromatic rings. The Kier molecular flexibility index (Phi) is 5.97. The van der Waals surface area contributed by atoms with Crippen molar-refractivity contribution in [1.29, 1.82) is 0 Å². The normalized spacial score (nSPS) is 18.9. The van der Waals surface area contributed by atoms with Crippen molar-refractivity contribution in [3.63, 3.8) is 0 Å². The third-order valence-electron chi connectivity index (χ3n) is 7.90. The summed E-state index contributed by atoms with van der Waals surface area (Å²) in [5.41, 5.74) is 12.7. The van der Waals surface area contributed by atoms with Crippen LogP contribution in [0.4, 0.5) is 0 Å². The van der Waals surface area contributed by atoms with E-state index in [1.165, 1.54) is 55.7 Å². The van der Waals surface area contributed by atoms with E-state index in [0.717, 1.165) is 0 Å². The van der Waals surface area contributed by atoms with E-state index in [-0.39, 0.29) is 7.25 Å². The SMILES string of the molecule is CC1=Cc2c(-c3ccccc3)cccc2[CH]1[Zr](=[SiH2])([Cl])([Cl])[CH]1C(C)=Cc2c(-c3ccccc3)cccc21. The maximum absolute atomic E-state index is 7.95. The Morgan fingerprint density at radius 3 is 1.33 bits per heavy atom. The first-order chi connectivity index (χ1) is 17.2. The average Bonchev–Trinajstić information content (AvgIpc) is 3.41. The fourth-order valence-electron chi connectivity index (χ4n) is 6.57. The molecule has 2 atom stereocenters. The maximum atomic E-state index is 7.95. The average molecular weight is 603 g/mol. The van der Waals surface area contributed by atoms with E-state index in [9.17, 15) is 0 Å². The third kappa shape index (κ3) is 3.81. The summed E-state index contributed by atoms with van der Waals surface area (Å²) in [4.78, 5) is 0. The summed E-state index contributed by atoms with van der Waals surface area (Å²) in [6.07, 6.45) is 4.67. The Labute approximate surface area is 223 Å². The molecule has 2 aliphatic carbocycles. The second kappa shape index (κ2) is 8.81. The van der Waals surface area contributed by atoms with Gasteiger partial charge in [0.1, 0.15) is 0 Å². The molecule has 4 aromatic carbocycles. The fraction of sp³-hybridized carbons (Fsp3) is 0.125. The van der Waals surface area contributed by atoms with Crippen LogP contribution in [0.15, 0.2) is 108 Å². The molecule has 0 saturated carbocycles. The summed E-state index contributed by atoms with van der Waals surface area (Å²) in [5.74, 6) is 0. The molecule has 0 saturated heterocycles. The van der Waals surface area contributed by atoms with E-state index in [0.29, 0.717) is 0 Å². The van der Waals surface area contributed by atoms with E-state index in [1.807, 2.05) is 6.88 Å². The van der Waals surface area contributed by atoms with Crippen molar-refractivity contribution in [1.82, 2.24) is 0 Å². The van der Waals surface area contributed by atoms with Crippen LogP contribution in [-0.4, -0.2) is 6.88 Å². The van der Waals surface area contributed by atoms with Gasteiger partial charge in [0.05, 0.1) is 0 Å². The predicted octanol–water partition coefficient (Wildman–Crippen LogP) is 9.18. The first kappa shape index (κ1) is 24.4. The Balaban J connectivity index is 1.51. The monoisotopic (exact) mass is 600 g/mol. The Hall–Kier alpha value is -1.96. The van der Waals surface area contributed by atoms with Gasteiger partial charge in [0.15, 0.2) is 0 Å². The van der Waals surface area contributed by atoms with Gasteiger partial charge in [0.2, 0.25) is 0 Å². The van der Waals surface area contributed by atoms with Crippen LogP contribution in [0.25, 0.3) is 34.4 Å². The zero-order valence-corrected chi connectivity index (χ0v) is 25.9. The Morgan fingerprint density at radius 1 is 0.556 bits per heavy atom. The molecular formula is C32H28Cl2SiZr. The third-order valence-corrected chi connectivity index (χ3v) is 27.5. The van der Waals surface area contributed by atoms with Crippen LogP contribution in [0.1, 0.15) is 43.4 Å². The molecule has 0 radical (unpaired) electrons. The molecule has 0 nitrogen and oxygen atoms in total. The van der Waals surface area contributed by atoms with Gasteiger partial charge in [0, 0.05) is 0 Å². The van der Waals surface area contributed by atoms with Crippen molar-refractivity contribution in [2.75, 3.05) is 0 Å². The fourth-order valence-corrected chi connectivity index (χ4v) is 30.0. The van der Waals surface area contributed by atoms with Crippen LogP contribution < -0.4 is 0 Å². The summed E-state index contributed by atoms with van der Waals surface area (Å²) < 4.78 is 0.151. The Morgan fingerprint density at radius 2 is 0.944 bits per heavy atom. The molecule has 0 aliphatic heterocycles. The first-order valence-corrected chi connectivity index (χ1v) is 27.5. The van der Waals surface area contributed by atoms with Crippen molar-refractivity contribution in [2.24, 2.45) is 0 Å². The van der Waals surface area contributed by atoms with Crippen molar-refractivity contribution in [3.8, 4) is 22.3 Å². The van der Waals surface area contributed by atoms with E-state index in [2.05, 4.69) is 123 Å². The second-order valence-electron chi connectivity index (χ2n) is 10.3. The number of rotatable bonds is 4. The van der Waals surface area contributed by atoms with Crippen molar-refractivity contribution < 1.29 is 15.0 Å². The molecule has 2 unspecified atom stereocenters. The van der Waals surface area contributed by atoms with E-state index in [4.69, 9.17) is 17.0 Å². The molecule has 0 spiro atoms. The summed E-state index contributed by atoms with van der Waals surface area (Å²) in [7, 11) is 15.9. The molecule has 0 aromatic heterocycles. The topological polar surface area (TPSA) is 0 Å². The van der Waals surface area contributed by atoms with E-state index >= 15 is 0 Å². The summed E-state index contributed by atoms with van der Waals surface area (Å²) in [6.45, 7) is 6.40. The van der Waals surface area contributed by atoms with Gasteiger partial charge >= 0.3 is 225 Å². The standard InChI is InChI=1S/2C16H13.2ClH.H2Si.Zr/c2*1-12-10-14-8-5-9-15(16(14)11-12)13-6-3-2-4-7-13;;;;/h2*2-11H,1H3;2*1H;1H2;/q;;;;;+2/p-2. The summed E-state index contributed by atoms with van der Waals surface area (Å²) >= 11 is -4.54. The van der Waals surface area contributed by atoms with Crippen LogP contribution in [0.5, 0.6) is 0 Å². The minimum absolute atomic E-state index is 0.0754. The second-order valence-corrected chi connectivity index (χ2v) is 45.8. The minimum atomic E-state index is -4.54. The van der Waals surface area contributed by atoms with Crippen LogP contribution in [0.2, 0.25) is 0 Å². The van der Waals surface area contributed by atoms with E-state index < -0.39 is 15.0 Å². The van der Waals surface area contributed by atoms with Crippen LogP contribution in [-0.2, 0) is 15.0 Å². The first-order valence-electron chi connectivity index (χ1n) is 12.4. The van der Waals surface area contributed by atoms with Gasteiger partial charge in [-0.2, -0.15) is 0 Å². The van der Waals surface area contributed by atoms with Crippen LogP contribution >= 0.6 is 17.0 Å². The number of hydrogen-bond donors (Lipinski definition) is 0. The van der Waals surface area contributed by atoms with Gasteiger partial charge in [0.25, 0.3) is 0 Å². The molecule has 6 rings (SSSR count). The molecule has 178 valence electrons. The van der Waals surface area contributed by atoms with Crippen molar-refractivity contribution in [2.45, 2.75) is 21.1 Å². The van der Waals surface area contributed by atoms with Gasteiger partial charge < -0.3 is 0 Å². The molecule has 0 fully saturated rings. The quantitative estimate of drug-likeness (QED) is 0.204. The molecule has 0 bridgehead atoms. The van der Waals surface area contributed by atoms with Crippen molar-refractivity contribution >= 4 is 36.1 Å². The molecule has 0 N–H and O–H groups in total. The van der Waals surface area contributed by atoms with Gasteiger partial charge in [-0.05, 0) is 0 Å². The molecule has 0 heterocycles. The number of halogens is 2. The number of hydrogen-bond acceptors (Lipinski definition) is 0. The molecule has 36 heavy (non-hydrogen) atoms. The zero-order chi connectivity index (χ0) is 25.1. The predicted molar refractivity (Wildman–Crippen MR) is 157 cm³/mol. The van der Waals surface area contributed by atoms with Crippen LogP contribution in [0.3, 0.4) is 0 Å². The van der Waals surface area contributed by atoms with Gasteiger partial charge in [-0.25, -0.2) is 0 Å².